The maximum Gasteiger partial charge on any atom is 0.128 e. The van der Waals surface area contributed by atoms with Gasteiger partial charge in [-0.2, -0.15) is 0 Å². The molecule has 0 unspecified atom stereocenters. The van der Waals surface area contributed by atoms with Crippen LogP contribution in [0.25, 0.3) is 0 Å². The number of rotatable bonds is 10. The standard InChI is InChI=1S/C27H28N2OSi/c1-2-3-10-20-30-25-16-11-17-26(21-25)31-27(29-19-18-28-22-29,23-12-6-4-7-13-23)24-14-8-5-9-15-24/h4-9,11-19,21-22H,2-3,10,20H2,1H3. The summed E-state index contributed by atoms with van der Waals surface area (Å²) in [6.45, 7) is 2.98. The Kier molecular flexibility index (Phi) is 7.00. The molecule has 3 aromatic carbocycles. The van der Waals surface area contributed by atoms with Crippen LogP contribution in [0.4, 0.5) is 0 Å². The van der Waals surface area contributed by atoms with Crippen molar-refractivity contribution in [1.29, 1.82) is 0 Å². The molecule has 0 aliphatic carbocycles. The number of imidazole rings is 1. The molecular weight excluding hydrogens is 396 g/mol. The lowest BCUT2D eigenvalue weighted by atomic mass is 9.97. The van der Waals surface area contributed by atoms with Crippen LogP contribution in [0.15, 0.2) is 104 Å². The van der Waals surface area contributed by atoms with E-state index < -0.39 is 0 Å². The first-order chi connectivity index (χ1) is 15.3. The number of ether oxygens (including phenoxy) is 1. The number of nitrogens with zero attached hydrogens (tertiary/aromatic N) is 2. The maximum absolute atomic E-state index is 6.05. The third kappa shape index (κ3) is 4.80. The lowest BCUT2D eigenvalue weighted by Gasteiger charge is -2.36. The minimum Gasteiger partial charge on any atom is -0.494 e. The summed E-state index contributed by atoms with van der Waals surface area (Å²) >= 11 is 0. The Morgan fingerprint density at radius 2 is 1.58 bits per heavy atom. The van der Waals surface area contributed by atoms with E-state index in [-0.39, 0.29) is 5.16 Å². The van der Waals surface area contributed by atoms with Gasteiger partial charge >= 0.3 is 0 Å². The molecular formula is C27H28N2OSi. The minimum atomic E-state index is -0.375. The van der Waals surface area contributed by atoms with Crippen molar-refractivity contribution in [2.75, 3.05) is 6.61 Å². The molecule has 4 rings (SSSR count). The second kappa shape index (κ2) is 10.3. The fourth-order valence-corrected chi connectivity index (χ4v) is 5.60. The van der Waals surface area contributed by atoms with Gasteiger partial charge in [0.25, 0.3) is 0 Å². The molecule has 1 aromatic heterocycles. The van der Waals surface area contributed by atoms with Crippen LogP contribution in [0.5, 0.6) is 5.75 Å². The van der Waals surface area contributed by atoms with Gasteiger partial charge in [0.2, 0.25) is 0 Å². The summed E-state index contributed by atoms with van der Waals surface area (Å²) < 4.78 is 8.29. The first-order valence-corrected chi connectivity index (χ1v) is 11.9. The van der Waals surface area contributed by atoms with Gasteiger partial charge < -0.3 is 9.30 Å². The fraction of sp³-hybridized carbons (Fsp3) is 0.222. The van der Waals surface area contributed by atoms with Crippen molar-refractivity contribution in [2.24, 2.45) is 0 Å². The Morgan fingerprint density at radius 3 is 2.19 bits per heavy atom. The van der Waals surface area contributed by atoms with Crippen LogP contribution in [0, 0.1) is 0 Å². The van der Waals surface area contributed by atoms with Crippen LogP contribution in [-0.4, -0.2) is 25.7 Å². The Hall–Kier alpha value is -3.11. The molecule has 0 aliphatic rings. The zero-order valence-corrected chi connectivity index (χ0v) is 18.9. The van der Waals surface area contributed by atoms with Crippen molar-refractivity contribution in [3.63, 3.8) is 0 Å². The van der Waals surface area contributed by atoms with Crippen molar-refractivity contribution in [1.82, 2.24) is 9.55 Å². The molecule has 0 fully saturated rings. The van der Waals surface area contributed by atoms with Gasteiger partial charge in [0, 0.05) is 12.4 Å². The highest BCUT2D eigenvalue weighted by molar-refractivity contribution is 6.57. The molecule has 2 radical (unpaired) electrons. The average molecular weight is 425 g/mol. The number of aromatic nitrogens is 2. The van der Waals surface area contributed by atoms with Gasteiger partial charge in [0.15, 0.2) is 0 Å². The number of hydrogen-bond donors (Lipinski definition) is 0. The average Bonchev–Trinajstić information content (AvgIpc) is 3.37. The zero-order valence-electron chi connectivity index (χ0n) is 17.9. The van der Waals surface area contributed by atoms with E-state index in [9.17, 15) is 0 Å². The highest BCUT2D eigenvalue weighted by Gasteiger charge is 2.37. The molecule has 0 spiro atoms. The predicted octanol–water partition coefficient (Wildman–Crippen LogP) is 5.23. The molecule has 0 saturated heterocycles. The van der Waals surface area contributed by atoms with Crippen molar-refractivity contribution in [2.45, 2.75) is 31.3 Å². The van der Waals surface area contributed by atoms with Crippen molar-refractivity contribution < 1.29 is 4.74 Å². The highest BCUT2D eigenvalue weighted by Crippen LogP contribution is 2.33. The normalized spacial score (nSPS) is 11.4. The number of hydrogen-bond acceptors (Lipinski definition) is 2. The Bertz CT molecular complexity index is 1010. The fourth-order valence-electron chi connectivity index (χ4n) is 3.90. The topological polar surface area (TPSA) is 27.1 Å². The van der Waals surface area contributed by atoms with Crippen molar-refractivity contribution in [3.05, 3.63) is 115 Å². The molecule has 0 N–H and O–H groups in total. The lowest BCUT2D eigenvalue weighted by Crippen LogP contribution is -2.46. The highest BCUT2D eigenvalue weighted by atomic mass is 28.2. The zero-order chi connectivity index (χ0) is 21.4. The Labute approximate surface area is 187 Å². The van der Waals surface area contributed by atoms with E-state index >= 15 is 0 Å². The molecule has 3 nitrogen and oxygen atoms in total. The molecule has 31 heavy (non-hydrogen) atoms. The SMILES string of the molecule is CCCCCOc1cccc([Si]C(c2ccccc2)(c2ccccc2)n2ccnc2)c1. The van der Waals surface area contributed by atoms with Crippen LogP contribution in [0.1, 0.15) is 37.3 Å². The summed E-state index contributed by atoms with van der Waals surface area (Å²) in [5, 5.41) is 0.884. The molecule has 4 aromatic rings. The van der Waals surface area contributed by atoms with E-state index in [0.29, 0.717) is 9.52 Å². The van der Waals surface area contributed by atoms with E-state index in [1.54, 1.807) is 0 Å². The monoisotopic (exact) mass is 424 g/mol. The number of benzene rings is 3. The predicted molar refractivity (Wildman–Crippen MR) is 128 cm³/mol. The van der Waals surface area contributed by atoms with E-state index in [1.807, 2.05) is 12.5 Å². The second-order valence-corrected chi connectivity index (χ2v) is 9.17. The smallest absolute Gasteiger partial charge is 0.128 e. The summed E-state index contributed by atoms with van der Waals surface area (Å²) in [4.78, 5) is 4.40. The molecule has 0 atom stereocenters. The van der Waals surface area contributed by atoms with Gasteiger partial charge in [-0.05, 0) is 29.7 Å². The summed E-state index contributed by atoms with van der Waals surface area (Å²) in [5.74, 6) is 0.946. The summed E-state index contributed by atoms with van der Waals surface area (Å²) in [7, 11) is 0.460. The van der Waals surface area contributed by atoms with E-state index in [2.05, 4.69) is 108 Å². The van der Waals surface area contributed by atoms with Crippen LogP contribution in [0.3, 0.4) is 0 Å². The van der Waals surface area contributed by atoms with E-state index in [1.165, 1.54) is 29.2 Å². The lowest BCUT2D eigenvalue weighted by molar-refractivity contribution is 0.306. The molecule has 0 amide bonds. The second-order valence-electron chi connectivity index (χ2n) is 7.62. The third-order valence-corrected chi connectivity index (χ3v) is 7.25. The summed E-state index contributed by atoms with van der Waals surface area (Å²) in [5.41, 5.74) is 2.48. The third-order valence-electron chi connectivity index (χ3n) is 5.45. The molecule has 4 heteroatoms. The summed E-state index contributed by atoms with van der Waals surface area (Å²) in [6, 6.07) is 30.0. The van der Waals surface area contributed by atoms with Crippen LogP contribution < -0.4 is 9.92 Å². The quantitative estimate of drug-likeness (QED) is 0.257. The van der Waals surface area contributed by atoms with Crippen molar-refractivity contribution in [3.8, 4) is 5.75 Å². The molecule has 0 aliphatic heterocycles. The largest absolute Gasteiger partial charge is 0.494 e. The van der Waals surface area contributed by atoms with Crippen LogP contribution in [-0.2, 0) is 5.16 Å². The Morgan fingerprint density at radius 1 is 0.871 bits per heavy atom. The van der Waals surface area contributed by atoms with Crippen LogP contribution >= 0.6 is 0 Å². The van der Waals surface area contributed by atoms with Gasteiger partial charge in [0.1, 0.15) is 15.3 Å². The molecule has 156 valence electrons. The Balaban J connectivity index is 1.76. The maximum atomic E-state index is 6.05. The molecule has 0 bridgehead atoms. The van der Waals surface area contributed by atoms with Gasteiger partial charge in [-0.3, -0.25) is 0 Å². The van der Waals surface area contributed by atoms with E-state index in [0.717, 1.165) is 18.8 Å². The first-order valence-electron chi connectivity index (χ1n) is 10.9. The van der Waals surface area contributed by atoms with Crippen LogP contribution in [0.2, 0.25) is 0 Å². The molecule has 0 saturated carbocycles. The molecule has 1 heterocycles. The van der Waals surface area contributed by atoms with Gasteiger partial charge in [-0.1, -0.05) is 97.7 Å². The number of unbranched alkanes of at least 4 members (excludes halogenated alkanes) is 2. The summed E-state index contributed by atoms with van der Waals surface area (Å²) in [6.07, 6.45) is 9.35. The minimum absolute atomic E-state index is 0.375. The van der Waals surface area contributed by atoms with Gasteiger partial charge in [-0.25, -0.2) is 4.98 Å². The van der Waals surface area contributed by atoms with Gasteiger partial charge in [0.05, 0.1) is 18.1 Å². The first kappa shape index (κ1) is 21.1. The van der Waals surface area contributed by atoms with E-state index in [4.69, 9.17) is 4.74 Å². The van der Waals surface area contributed by atoms with Crippen molar-refractivity contribution >= 4 is 14.7 Å². The van der Waals surface area contributed by atoms with Gasteiger partial charge in [-0.15, -0.1) is 0 Å².